The number of rotatable bonds is 2. The fraction of sp³-hybridized carbons (Fsp3) is 0.900. The van der Waals surface area contributed by atoms with Crippen LogP contribution in [0.2, 0.25) is 0 Å². The van der Waals surface area contributed by atoms with E-state index in [1.54, 1.807) is 14.0 Å². The van der Waals surface area contributed by atoms with Gasteiger partial charge in [0.1, 0.15) is 23.7 Å². The van der Waals surface area contributed by atoms with Gasteiger partial charge in [-0.25, -0.2) is 0 Å². The van der Waals surface area contributed by atoms with Gasteiger partial charge in [-0.05, 0) is 6.42 Å². The number of amidine groups is 1. The molecule has 0 aromatic heterocycles. The zero-order valence-corrected chi connectivity index (χ0v) is 10.6. The summed E-state index contributed by atoms with van der Waals surface area (Å²) in [6.07, 6.45) is -3.11. The number of thioether (sulfide) groups is 1. The van der Waals surface area contributed by atoms with E-state index < -0.39 is 24.4 Å². The maximum absolute atomic E-state index is 10.0. The summed E-state index contributed by atoms with van der Waals surface area (Å²) in [5.74, 6) is 0. The first kappa shape index (κ1) is 13.1. The molecular formula is C10H18N2O4S. The zero-order valence-electron chi connectivity index (χ0n) is 9.78. The predicted octanol–water partition coefficient (Wildman–Crippen LogP) is -1.11. The average Bonchev–Trinajstić information content (AvgIpc) is 2.76. The Morgan fingerprint density at radius 3 is 2.76 bits per heavy atom. The van der Waals surface area contributed by atoms with Crippen LogP contribution in [0.4, 0.5) is 0 Å². The second kappa shape index (κ2) is 5.11. The van der Waals surface area contributed by atoms with E-state index >= 15 is 0 Å². The Labute approximate surface area is 104 Å². The Morgan fingerprint density at radius 2 is 2.18 bits per heavy atom. The van der Waals surface area contributed by atoms with Gasteiger partial charge in [-0.1, -0.05) is 18.7 Å². The van der Waals surface area contributed by atoms with E-state index in [-0.39, 0.29) is 11.5 Å². The average molecular weight is 262 g/mol. The first-order valence-corrected chi connectivity index (χ1v) is 6.56. The number of fused-ring (bicyclic) bond motifs is 1. The topological polar surface area (TPSA) is 94.3 Å². The lowest BCUT2D eigenvalue weighted by atomic mass is 9.94. The van der Waals surface area contributed by atoms with Crippen LogP contribution in [0.5, 0.6) is 0 Å². The summed E-state index contributed by atoms with van der Waals surface area (Å²) in [5.41, 5.74) is -0.321. The van der Waals surface area contributed by atoms with Crippen molar-refractivity contribution in [3.8, 4) is 0 Å². The summed E-state index contributed by atoms with van der Waals surface area (Å²) in [5, 5.41) is 33.4. The molecule has 0 bridgehead atoms. The van der Waals surface area contributed by atoms with Gasteiger partial charge in [-0.3, -0.25) is 4.99 Å². The van der Waals surface area contributed by atoms with Gasteiger partial charge in [0, 0.05) is 7.05 Å². The molecule has 0 spiro atoms. The highest BCUT2D eigenvalue weighted by atomic mass is 32.2. The molecule has 6 nitrogen and oxygen atoms in total. The Morgan fingerprint density at radius 1 is 1.47 bits per heavy atom. The highest BCUT2D eigenvalue weighted by Crippen LogP contribution is 2.34. The van der Waals surface area contributed by atoms with Crippen molar-refractivity contribution in [1.82, 2.24) is 5.32 Å². The molecule has 0 radical (unpaired) electrons. The van der Waals surface area contributed by atoms with Crippen molar-refractivity contribution in [2.75, 3.05) is 7.05 Å². The standard InChI is InChI=1S/C10H18N2O4S/c1-3-4(13)8-7(15)6(14)5-9(16-8)17-10(11-2)12-5/h4-9,13-15H,3H2,1-2H3,(H,11,12). The number of nitrogens with one attached hydrogen (secondary N) is 1. The molecule has 0 aromatic rings. The minimum absolute atomic E-state index is 0.321. The highest BCUT2D eigenvalue weighted by Gasteiger charge is 2.50. The molecule has 2 fully saturated rings. The van der Waals surface area contributed by atoms with Crippen molar-refractivity contribution >= 4 is 16.9 Å². The van der Waals surface area contributed by atoms with E-state index in [0.29, 0.717) is 11.6 Å². The van der Waals surface area contributed by atoms with Gasteiger partial charge < -0.3 is 25.4 Å². The van der Waals surface area contributed by atoms with E-state index in [4.69, 9.17) is 4.74 Å². The molecule has 17 heavy (non-hydrogen) atoms. The van der Waals surface area contributed by atoms with Crippen LogP contribution in [0, 0.1) is 0 Å². The number of aliphatic imine (C=N–C) groups is 1. The fourth-order valence-corrected chi connectivity index (χ4v) is 3.19. The van der Waals surface area contributed by atoms with Crippen LogP contribution in [0.15, 0.2) is 4.99 Å². The largest absolute Gasteiger partial charge is 0.390 e. The molecular weight excluding hydrogens is 244 g/mol. The number of aliphatic hydroxyl groups is 3. The summed E-state index contributed by atoms with van der Waals surface area (Å²) in [4.78, 5) is 3.99. The molecule has 2 aliphatic rings. The first-order chi connectivity index (χ1) is 8.08. The van der Waals surface area contributed by atoms with Crippen molar-refractivity contribution in [3.63, 3.8) is 0 Å². The minimum Gasteiger partial charge on any atom is -0.390 e. The van der Waals surface area contributed by atoms with Gasteiger partial charge in [0.2, 0.25) is 0 Å². The van der Waals surface area contributed by atoms with Crippen molar-refractivity contribution in [2.24, 2.45) is 4.99 Å². The second-order valence-corrected chi connectivity index (χ2v) is 5.33. The van der Waals surface area contributed by atoms with E-state index in [9.17, 15) is 15.3 Å². The summed E-state index contributed by atoms with van der Waals surface area (Å²) in [7, 11) is 1.65. The molecule has 2 aliphatic heterocycles. The van der Waals surface area contributed by atoms with Gasteiger partial charge in [-0.2, -0.15) is 0 Å². The molecule has 6 unspecified atom stereocenters. The summed E-state index contributed by atoms with van der Waals surface area (Å²) >= 11 is 1.37. The number of hydrogen-bond acceptors (Lipinski definition) is 6. The summed E-state index contributed by atoms with van der Waals surface area (Å²) in [6, 6.07) is -0.381. The maximum Gasteiger partial charge on any atom is 0.159 e. The maximum atomic E-state index is 10.0. The number of aliphatic hydroxyl groups excluding tert-OH is 3. The fourth-order valence-electron chi connectivity index (χ4n) is 2.10. The molecule has 2 saturated heterocycles. The van der Waals surface area contributed by atoms with Crippen LogP contribution in [-0.2, 0) is 4.74 Å². The third-order valence-electron chi connectivity index (χ3n) is 3.16. The van der Waals surface area contributed by atoms with Crippen molar-refractivity contribution in [2.45, 2.75) is 49.2 Å². The lowest BCUT2D eigenvalue weighted by molar-refractivity contribution is -0.187. The zero-order chi connectivity index (χ0) is 12.6. The smallest absolute Gasteiger partial charge is 0.159 e. The van der Waals surface area contributed by atoms with E-state index in [1.165, 1.54) is 11.8 Å². The van der Waals surface area contributed by atoms with Crippen LogP contribution in [-0.4, -0.2) is 63.4 Å². The van der Waals surface area contributed by atoms with Gasteiger partial charge in [-0.15, -0.1) is 0 Å². The Kier molecular flexibility index (Phi) is 3.94. The van der Waals surface area contributed by atoms with Gasteiger partial charge in [0.05, 0.1) is 12.1 Å². The Balaban J connectivity index is 2.13. The molecule has 0 aliphatic carbocycles. The monoisotopic (exact) mass is 262 g/mol. The van der Waals surface area contributed by atoms with Gasteiger partial charge in [0.15, 0.2) is 5.17 Å². The lowest BCUT2D eigenvalue weighted by Crippen LogP contribution is -2.61. The third kappa shape index (κ3) is 2.30. The second-order valence-electron chi connectivity index (χ2n) is 4.24. The molecule has 6 atom stereocenters. The number of hydrogen-bond donors (Lipinski definition) is 4. The molecule has 0 amide bonds. The first-order valence-electron chi connectivity index (χ1n) is 5.68. The Bertz CT molecular complexity index is 315. The van der Waals surface area contributed by atoms with Crippen molar-refractivity contribution in [3.05, 3.63) is 0 Å². The van der Waals surface area contributed by atoms with Crippen molar-refractivity contribution < 1.29 is 20.1 Å². The molecule has 4 N–H and O–H groups in total. The molecule has 0 aromatic carbocycles. The summed E-state index contributed by atoms with van der Waals surface area (Å²) in [6.45, 7) is 1.80. The van der Waals surface area contributed by atoms with Crippen LogP contribution < -0.4 is 5.32 Å². The minimum atomic E-state index is -1.09. The highest BCUT2D eigenvalue weighted by molar-refractivity contribution is 8.14. The number of nitrogens with zero attached hydrogens (tertiary/aromatic N) is 1. The normalized spacial score (nSPS) is 45.5. The van der Waals surface area contributed by atoms with E-state index in [0.717, 1.165) is 0 Å². The van der Waals surface area contributed by atoms with Crippen LogP contribution in [0.3, 0.4) is 0 Å². The van der Waals surface area contributed by atoms with Crippen LogP contribution >= 0.6 is 11.8 Å². The van der Waals surface area contributed by atoms with Crippen molar-refractivity contribution in [1.29, 1.82) is 0 Å². The molecule has 2 heterocycles. The van der Waals surface area contributed by atoms with E-state index in [1.807, 2.05) is 0 Å². The van der Waals surface area contributed by atoms with Crippen LogP contribution in [0.1, 0.15) is 13.3 Å². The molecule has 98 valence electrons. The molecule has 7 heteroatoms. The Hall–Kier alpha value is -0.340. The van der Waals surface area contributed by atoms with Gasteiger partial charge in [0.25, 0.3) is 0 Å². The third-order valence-corrected chi connectivity index (χ3v) is 4.32. The lowest BCUT2D eigenvalue weighted by Gasteiger charge is -2.40. The van der Waals surface area contributed by atoms with Crippen LogP contribution in [0.25, 0.3) is 0 Å². The number of ether oxygens (including phenoxy) is 1. The van der Waals surface area contributed by atoms with Gasteiger partial charge >= 0.3 is 0 Å². The quantitative estimate of drug-likeness (QED) is 0.504. The molecule has 0 saturated carbocycles. The van der Waals surface area contributed by atoms with E-state index in [2.05, 4.69) is 10.3 Å². The molecule has 2 rings (SSSR count). The SMILES string of the molecule is CCC(O)C1OC2SC(=NC)NC2C(O)C1O. The predicted molar refractivity (Wildman–Crippen MR) is 64.8 cm³/mol. The summed E-state index contributed by atoms with van der Waals surface area (Å²) < 4.78 is 5.64.